The highest BCUT2D eigenvalue weighted by Crippen LogP contribution is 2.40. The molecule has 2 heterocycles. The van der Waals surface area contributed by atoms with Gasteiger partial charge < -0.3 is 19.3 Å². The molecule has 1 atom stereocenters. The lowest BCUT2D eigenvalue weighted by atomic mass is 9.99. The SMILES string of the molecule is Cc1ccc(C(O)=C2C(=O)C(=O)N(CCCN(C)C)C2c2ccc(C)o2)cc1. The van der Waals surface area contributed by atoms with Crippen LogP contribution in [-0.4, -0.2) is 53.8 Å². The van der Waals surface area contributed by atoms with Crippen molar-refractivity contribution in [3.8, 4) is 0 Å². The normalized spacial score (nSPS) is 19.0. The number of benzene rings is 1. The molecule has 3 rings (SSSR count). The number of ketones is 1. The number of amides is 1. The Kier molecular flexibility index (Phi) is 5.70. The van der Waals surface area contributed by atoms with E-state index in [1.807, 2.05) is 45.0 Å². The molecule has 1 aliphatic heterocycles. The Hall–Kier alpha value is -2.86. The zero-order chi connectivity index (χ0) is 20.4. The van der Waals surface area contributed by atoms with Gasteiger partial charge in [0.2, 0.25) is 0 Å². The highest BCUT2D eigenvalue weighted by atomic mass is 16.3. The summed E-state index contributed by atoms with van der Waals surface area (Å²) in [6, 6.07) is 10.0. The molecule has 0 aliphatic carbocycles. The van der Waals surface area contributed by atoms with Gasteiger partial charge in [0.05, 0.1) is 5.57 Å². The first-order valence-corrected chi connectivity index (χ1v) is 9.36. The summed E-state index contributed by atoms with van der Waals surface area (Å²) in [6.07, 6.45) is 0.709. The molecule has 1 unspecified atom stereocenters. The van der Waals surface area contributed by atoms with E-state index in [-0.39, 0.29) is 11.3 Å². The van der Waals surface area contributed by atoms with E-state index in [9.17, 15) is 14.7 Å². The van der Waals surface area contributed by atoms with Crippen molar-refractivity contribution in [1.82, 2.24) is 9.80 Å². The third kappa shape index (κ3) is 3.87. The minimum atomic E-state index is -0.725. The molecule has 0 saturated carbocycles. The Morgan fingerprint density at radius 1 is 1.11 bits per heavy atom. The zero-order valence-corrected chi connectivity index (χ0v) is 16.7. The van der Waals surface area contributed by atoms with Gasteiger partial charge in [0.1, 0.15) is 23.3 Å². The molecule has 1 fully saturated rings. The quantitative estimate of drug-likeness (QED) is 0.472. The number of Topliss-reactive ketones (excluding diaryl/α,β-unsaturated/α-hetero) is 1. The molecular formula is C22H26N2O4. The van der Waals surface area contributed by atoms with Crippen LogP contribution >= 0.6 is 0 Å². The van der Waals surface area contributed by atoms with Gasteiger partial charge in [-0.05, 0) is 53.0 Å². The van der Waals surface area contributed by atoms with Crippen LogP contribution in [0.15, 0.2) is 46.4 Å². The molecule has 1 aromatic carbocycles. The number of rotatable bonds is 6. The summed E-state index contributed by atoms with van der Waals surface area (Å²) in [5.41, 5.74) is 1.62. The van der Waals surface area contributed by atoms with E-state index in [2.05, 4.69) is 0 Å². The maximum Gasteiger partial charge on any atom is 0.295 e. The van der Waals surface area contributed by atoms with Gasteiger partial charge in [0.25, 0.3) is 11.7 Å². The number of aliphatic hydroxyl groups excluding tert-OH is 1. The maximum atomic E-state index is 12.8. The first-order chi connectivity index (χ1) is 13.3. The summed E-state index contributed by atoms with van der Waals surface area (Å²) in [7, 11) is 3.91. The molecule has 1 saturated heterocycles. The van der Waals surface area contributed by atoms with Crippen LogP contribution in [0.2, 0.25) is 0 Å². The van der Waals surface area contributed by atoms with Crippen LogP contribution in [0.25, 0.3) is 5.76 Å². The second kappa shape index (κ2) is 8.02. The minimum Gasteiger partial charge on any atom is -0.507 e. The highest BCUT2D eigenvalue weighted by Gasteiger charge is 2.47. The first-order valence-electron chi connectivity index (χ1n) is 9.36. The lowest BCUT2D eigenvalue weighted by molar-refractivity contribution is -0.140. The fourth-order valence-electron chi connectivity index (χ4n) is 3.43. The molecular weight excluding hydrogens is 356 g/mol. The van der Waals surface area contributed by atoms with Crippen LogP contribution in [0.5, 0.6) is 0 Å². The molecule has 1 N–H and O–H groups in total. The second-order valence-electron chi connectivity index (χ2n) is 7.46. The van der Waals surface area contributed by atoms with Crippen LogP contribution < -0.4 is 0 Å². The lowest BCUT2D eigenvalue weighted by Crippen LogP contribution is -2.32. The molecule has 6 nitrogen and oxygen atoms in total. The van der Waals surface area contributed by atoms with Crippen molar-refractivity contribution in [2.45, 2.75) is 26.3 Å². The molecule has 0 bridgehead atoms. The van der Waals surface area contributed by atoms with Crippen molar-refractivity contribution in [2.75, 3.05) is 27.2 Å². The number of aryl methyl sites for hydroxylation is 2. The fourth-order valence-corrected chi connectivity index (χ4v) is 3.43. The topological polar surface area (TPSA) is 74.0 Å². The number of carbonyl (C=O) groups is 2. The molecule has 1 aliphatic rings. The molecule has 28 heavy (non-hydrogen) atoms. The molecule has 2 aromatic rings. The third-order valence-corrected chi connectivity index (χ3v) is 4.90. The van der Waals surface area contributed by atoms with Crippen LogP contribution in [0, 0.1) is 13.8 Å². The largest absolute Gasteiger partial charge is 0.507 e. The van der Waals surface area contributed by atoms with E-state index in [0.29, 0.717) is 30.0 Å². The van der Waals surface area contributed by atoms with E-state index >= 15 is 0 Å². The van der Waals surface area contributed by atoms with Crippen LogP contribution in [0.1, 0.15) is 35.1 Å². The van der Waals surface area contributed by atoms with E-state index in [1.54, 1.807) is 24.3 Å². The highest BCUT2D eigenvalue weighted by molar-refractivity contribution is 6.46. The van der Waals surface area contributed by atoms with Crippen LogP contribution in [-0.2, 0) is 9.59 Å². The van der Waals surface area contributed by atoms with Crippen LogP contribution in [0.4, 0.5) is 0 Å². The van der Waals surface area contributed by atoms with E-state index in [4.69, 9.17) is 4.42 Å². The second-order valence-corrected chi connectivity index (χ2v) is 7.46. The van der Waals surface area contributed by atoms with Crippen molar-refractivity contribution in [3.63, 3.8) is 0 Å². The molecule has 1 aromatic heterocycles. The number of hydrogen-bond donors (Lipinski definition) is 1. The predicted molar refractivity (Wildman–Crippen MR) is 107 cm³/mol. The van der Waals surface area contributed by atoms with Crippen molar-refractivity contribution in [1.29, 1.82) is 0 Å². The molecule has 6 heteroatoms. The third-order valence-electron chi connectivity index (χ3n) is 4.90. The molecule has 1 amide bonds. The maximum absolute atomic E-state index is 12.8. The van der Waals surface area contributed by atoms with Gasteiger partial charge in [0.15, 0.2) is 0 Å². The van der Waals surface area contributed by atoms with Crippen molar-refractivity contribution in [3.05, 3.63) is 64.6 Å². The molecule has 0 radical (unpaired) electrons. The van der Waals surface area contributed by atoms with Crippen molar-refractivity contribution in [2.24, 2.45) is 0 Å². The Balaban J connectivity index is 2.05. The Bertz CT molecular complexity index is 909. The number of carbonyl (C=O) groups excluding carboxylic acids is 2. The van der Waals surface area contributed by atoms with Gasteiger partial charge in [-0.3, -0.25) is 9.59 Å². The van der Waals surface area contributed by atoms with Crippen molar-refractivity contribution < 1.29 is 19.1 Å². The smallest absolute Gasteiger partial charge is 0.295 e. The number of nitrogens with zero attached hydrogens (tertiary/aromatic N) is 2. The molecule has 148 valence electrons. The summed E-state index contributed by atoms with van der Waals surface area (Å²) in [4.78, 5) is 29.1. The van der Waals surface area contributed by atoms with Crippen LogP contribution in [0.3, 0.4) is 0 Å². The lowest BCUT2D eigenvalue weighted by Gasteiger charge is -2.24. The Morgan fingerprint density at radius 2 is 1.79 bits per heavy atom. The minimum absolute atomic E-state index is 0.0769. The first kappa shape index (κ1) is 19.9. The van der Waals surface area contributed by atoms with E-state index in [1.165, 1.54) is 4.90 Å². The number of aliphatic hydroxyl groups is 1. The van der Waals surface area contributed by atoms with Gasteiger partial charge in [-0.15, -0.1) is 0 Å². The monoisotopic (exact) mass is 382 g/mol. The Morgan fingerprint density at radius 3 is 2.36 bits per heavy atom. The van der Waals surface area contributed by atoms with Gasteiger partial charge in [-0.25, -0.2) is 0 Å². The van der Waals surface area contributed by atoms with E-state index < -0.39 is 17.7 Å². The number of furan rings is 1. The summed E-state index contributed by atoms with van der Waals surface area (Å²) < 4.78 is 5.76. The summed E-state index contributed by atoms with van der Waals surface area (Å²) in [5.74, 6) is -0.291. The summed E-state index contributed by atoms with van der Waals surface area (Å²) in [5, 5.41) is 10.9. The molecule has 0 spiro atoms. The predicted octanol–water partition coefficient (Wildman–Crippen LogP) is 3.27. The van der Waals surface area contributed by atoms with Gasteiger partial charge in [0, 0.05) is 12.1 Å². The summed E-state index contributed by atoms with van der Waals surface area (Å²) >= 11 is 0. The summed E-state index contributed by atoms with van der Waals surface area (Å²) in [6.45, 7) is 4.93. The average molecular weight is 382 g/mol. The van der Waals surface area contributed by atoms with Crippen molar-refractivity contribution >= 4 is 17.4 Å². The van der Waals surface area contributed by atoms with Gasteiger partial charge in [-0.1, -0.05) is 29.8 Å². The Labute approximate surface area is 165 Å². The standard InChI is InChI=1S/C22H26N2O4/c1-14-6-9-16(10-7-14)20(25)18-19(17-11-8-15(2)28-17)24(22(27)21(18)26)13-5-12-23(3)4/h6-11,19,25H,5,12-13H2,1-4H3. The number of likely N-dealkylation sites (tertiary alicyclic amines) is 1. The number of hydrogen-bond acceptors (Lipinski definition) is 5. The zero-order valence-electron chi connectivity index (χ0n) is 16.7. The van der Waals surface area contributed by atoms with Gasteiger partial charge in [-0.2, -0.15) is 0 Å². The fraction of sp³-hybridized carbons (Fsp3) is 0.364. The average Bonchev–Trinajstić information content (AvgIpc) is 3.18. The van der Waals surface area contributed by atoms with Gasteiger partial charge >= 0.3 is 0 Å². The van der Waals surface area contributed by atoms with E-state index in [0.717, 1.165) is 12.1 Å².